The van der Waals surface area contributed by atoms with Gasteiger partial charge in [-0.1, -0.05) is 12.1 Å². The Labute approximate surface area is 151 Å². The van der Waals surface area contributed by atoms with Crippen molar-refractivity contribution in [3.63, 3.8) is 0 Å². The van der Waals surface area contributed by atoms with Crippen molar-refractivity contribution in [3.8, 4) is 0 Å². The maximum Gasteiger partial charge on any atom is 0.306 e. The van der Waals surface area contributed by atoms with E-state index >= 15 is 0 Å². The minimum Gasteiger partial charge on any atom is -0.364 e. The van der Waals surface area contributed by atoms with Gasteiger partial charge in [-0.15, -0.1) is 0 Å². The van der Waals surface area contributed by atoms with E-state index in [2.05, 4.69) is 0 Å². The second-order valence-electron chi connectivity index (χ2n) is 5.68. The number of hydrogen-bond acceptors (Lipinski definition) is 8. The Kier molecular flexibility index (Phi) is 4.06. The SMILES string of the molecule is O=C1NC(=O)C(O)(S(=O)(=O)O)C1C(=O)c1cccc(N2C(=O)C=CC2=O)c1. The molecule has 140 valence electrons. The van der Waals surface area contributed by atoms with Crippen LogP contribution in [0.1, 0.15) is 10.4 Å². The van der Waals surface area contributed by atoms with Crippen molar-refractivity contribution < 1.29 is 42.0 Å². The molecule has 0 aromatic heterocycles. The topological polar surface area (TPSA) is 175 Å². The lowest BCUT2D eigenvalue weighted by molar-refractivity contribution is -0.130. The van der Waals surface area contributed by atoms with Crippen LogP contribution in [-0.2, 0) is 29.3 Å². The first-order valence-corrected chi connectivity index (χ1v) is 8.67. The molecule has 3 rings (SSSR count). The molecule has 0 saturated carbocycles. The lowest BCUT2D eigenvalue weighted by Crippen LogP contribution is -2.52. The first-order chi connectivity index (χ1) is 12.5. The van der Waals surface area contributed by atoms with Crippen LogP contribution in [0.2, 0.25) is 0 Å². The van der Waals surface area contributed by atoms with Crippen LogP contribution in [-0.4, -0.2) is 52.4 Å². The largest absolute Gasteiger partial charge is 0.364 e. The van der Waals surface area contributed by atoms with Crippen LogP contribution in [0.25, 0.3) is 0 Å². The molecule has 3 N–H and O–H groups in total. The van der Waals surface area contributed by atoms with Crippen LogP contribution in [0.15, 0.2) is 36.4 Å². The highest BCUT2D eigenvalue weighted by atomic mass is 32.2. The summed E-state index contributed by atoms with van der Waals surface area (Å²) in [5, 5.41) is 11.6. The molecule has 0 aliphatic carbocycles. The number of benzene rings is 1. The van der Waals surface area contributed by atoms with E-state index in [0.717, 1.165) is 24.3 Å². The molecule has 2 aliphatic rings. The second-order valence-corrected chi connectivity index (χ2v) is 7.26. The summed E-state index contributed by atoms with van der Waals surface area (Å²) in [6.45, 7) is 0. The summed E-state index contributed by atoms with van der Waals surface area (Å²) in [6, 6.07) is 4.66. The molecule has 0 bridgehead atoms. The number of rotatable bonds is 4. The highest BCUT2D eigenvalue weighted by Crippen LogP contribution is 2.33. The van der Waals surface area contributed by atoms with E-state index in [4.69, 9.17) is 0 Å². The molecule has 12 heteroatoms. The molecule has 2 heterocycles. The number of carbonyl (C=O) groups is 5. The van der Waals surface area contributed by atoms with Crippen molar-refractivity contribution in [1.29, 1.82) is 0 Å². The normalized spacial score (nSPS) is 25.3. The molecule has 1 aromatic rings. The fraction of sp³-hybridized carbons (Fsp3) is 0.133. The van der Waals surface area contributed by atoms with Gasteiger partial charge in [-0.2, -0.15) is 8.42 Å². The minimum atomic E-state index is -5.56. The molecule has 2 atom stereocenters. The number of aliphatic hydroxyl groups is 1. The minimum absolute atomic E-state index is 0.0547. The van der Waals surface area contributed by atoms with Crippen LogP contribution in [0.5, 0.6) is 0 Å². The van der Waals surface area contributed by atoms with Crippen molar-refractivity contribution in [3.05, 3.63) is 42.0 Å². The third-order valence-electron chi connectivity index (χ3n) is 4.07. The van der Waals surface area contributed by atoms with Gasteiger partial charge < -0.3 is 5.11 Å². The molecule has 2 aliphatic heterocycles. The van der Waals surface area contributed by atoms with Crippen LogP contribution < -0.4 is 10.2 Å². The Hall–Kier alpha value is -3.22. The van der Waals surface area contributed by atoms with E-state index in [-0.39, 0.29) is 11.3 Å². The average molecular weight is 394 g/mol. The quantitative estimate of drug-likeness (QED) is 0.229. The van der Waals surface area contributed by atoms with Crippen molar-refractivity contribution >= 4 is 45.2 Å². The van der Waals surface area contributed by atoms with Crippen molar-refractivity contribution in [2.24, 2.45) is 5.92 Å². The molecule has 1 aromatic carbocycles. The van der Waals surface area contributed by atoms with Crippen molar-refractivity contribution in [2.45, 2.75) is 4.93 Å². The molecule has 1 saturated heterocycles. The van der Waals surface area contributed by atoms with Crippen LogP contribution in [0, 0.1) is 5.92 Å². The molecular formula is C15H10N2O9S. The highest BCUT2D eigenvalue weighted by molar-refractivity contribution is 7.88. The van der Waals surface area contributed by atoms with Gasteiger partial charge in [-0.3, -0.25) is 33.8 Å². The van der Waals surface area contributed by atoms with Gasteiger partial charge in [0.25, 0.3) is 22.7 Å². The zero-order valence-corrected chi connectivity index (χ0v) is 14.0. The predicted molar refractivity (Wildman–Crippen MR) is 85.5 cm³/mol. The lowest BCUT2D eigenvalue weighted by Gasteiger charge is -2.21. The zero-order chi connectivity index (χ0) is 20.1. The molecule has 2 unspecified atom stereocenters. The Morgan fingerprint density at radius 2 is 1.70 bits per heavy atom. The van der Waals surface area contributed by atoms with E-state index in [1.165, 1.54) is 17.4 Å². The second kappa shape index (κ2) is 5.90. The fourth-order valence-electron chi connectivity index (χ4n) is 2.76. The van der Waals surface area contributed by atoms with Crippen molar-refractivity contribution in [1.82, 2.24) is 5.32 Å². The number of nitrogens with zero attached hydrogens (tertiary/aromatic N) is 1. The lowest BCUT2D eigenvalue weighted by atomic mass is 9.93. The Bertz CT molecular complexity index is 1040. The fourth-order valence-corrected chi connectivity index (χ4v) is 3.56. The number of anilines is 1. The molecule has 27 heavy (non-hydrogen) atoms. The van der Waals surface area contributed by atoms with Crippen LogP contribution in [0.3, 0.4) is 0 Å². The first kappa shape index (κ1) is 18.6. The van der Waals surface area contributed by atoms with Gasteiger partial charge in [0.1, 0.15) is 0 Å². The molecule has 4 amide bonds. The summed E-state index contributed by atoms with van der Waals surface area (Å²) < 4.78 is 32.1. The Balaban J connectivity index is 2.05. The van der Waals surface area contributed by atoms with Crippen molar-refractivity contribution in [2.75, 3.05) is 4.90 Å². The van der Waals surface area contributed by atoms with Gasteiger partial charge in [0.05, 0.1) is 5.69 Å². The molecular weight excluding hydrogens is 384 g/mol. The maximum atomic E-state index is 12.6. The third-order valence-corrected chi connectivity index (χ3v) is 5.28. The van der Waals surface area contributed by atoms with E-state index in [9.17, 15) is 42.0 Å². The van der Waals surface area contributed by atoms with E-state index in [1.54, 1.807) is 0 Å². The molecule has 1 fully saturated rings. The number of imide groups is 2. The first-order valence-electron chi connectivity index (χ1n) is 7.23. The van der Waals surface area contributed by atoms with E-state index < -0.39 is 50.4 Å². The van der Waals surface area contributed by atoms with Gasteiger partial charge in [-0.25, -0.2) is 4.90 Å². The smallest absolute Gasteiger partial charge is 0.306 e. The number of hydrogen-bond donors (Lipinski definition) is 3. The molecule has 0 spiro atoms. The summed E-state index contributed by atoms with van der Waals surface area (Å²) >= 11 is 0. The summed E-state index contributed by atoms with van der Waals surface area (Å²) in [5.41, 5.74) is -0.432. The standard InChI is InChI=1S/C15H10N2O9S/c18-9-4-5-10(19)17(9)8-3-1-2-7(6-8)12(20)11-13(21)16-14(22)15(11,23)27(24,25)26/h1-6,11,23H,(H,16,21,22)(H,24,25,26). The summed E-state index contributed by atoms with van der Waals surface area (Å²) in [6.07, 6.45) is 1.99. The Morgan fingerprint density at radius 1 is 1.11 bits per heavy atom. The number of nitrogens with one attached hydrogen (secondary N) is 1. The Morgan fingerprint density at radius 3 is 2.26 bits per heavy atom. The van der Waals surface area contributed by atoms with Gasteiger partial charge in [0.2, 0.25) is 5.91 Å². The van der Waals surface area contributed by atoms with Gasteiger partial charge in [-0.05, 0) is 12.1 Å². The highest BCUT2D eigenvalue weighted by Gasteiger charge is 2.66. The van der Waals surface area contributed by atoms with Gasteiger partial charge >= 0.3 is 10.1 Å². The van der Waals surface area contributed by atoms with Crippen LogP contribution in [0.4, 0.5) is 5.69 Å². The average Bonchev–Trinajstić information content (AvgIpc) is 3.03. The summed E-state index contributed by atoms with van der Waals surface area (Å²) in [4.78, 5) is 56.7. The van der Waals surface area contributed by atoms with Gasteiger partial charge in [0.15, 0.2) is 11.7 Å². The number of amides is 4. The third kappa shape index (κ3) is 2.66. The summed E-state index contributed by atoms with van der Waals surface area (Å²) in [7, 11) is -5.56. The number of ketones is 1. The number of Topliss-reactive ketones (excluding diaryl/α,β-unsaturated/α-hetero) is 1. The monoisotopic (exact) mass is 394 g/mol. The molecule has 0 radical (unpaired) electrons. The van der Waals surface area contributed by atoms with Crippen LogP contribution >= 0.6 is 0 Å². The maximum absolute atomic E-state index is 12.6. The van der Waals surface area contributed by atoms with E-state index in [1.807, 2.05) is 0 Å². The number of carbonyl (C=O) groups excluding carboxylic acids is 5. The summed E-state index contributed by atoms with van der Waals surface area (Å²) in [5.74, 6) is -8.35. The van der Waals surface area contributed by atoms with Gasteiger partial charge in [0, 0.05) is 17.7 Å². The zero-order valence-electron chi connectivity index (χ0n) is 13.1. The van der Waals surface area contributed by atoms with E-state index in [0.29, 0.717) is 4.90 Å². The molecule has 11 nitrogen and oxygen atoms in total. The predicted octanol–water partition coefficient (Wildman–Crippen LogP) is -1.85.